The number of benzene rings is 2. The minimum atomic E-state index is 0.0629. The van der Waals surface area contributed by atoms with Crippen LogP contribution in [0.4, 0.5) is 5.69 Å². The summed E-state index contributed by atoms with van der Waals surface area (Å²) in [5.74, 6) is 0.0629. The van der Waals surface area contributed by atoms with Gasteiger partial charge in [0.2, 0.25) is 5.91 Å². The van der Waals surface area contributed by atoms with E-state index in [1.165, 1.54) is 0 Å². The summed E-state index contributed by atoms with van der Waals surface area (Å²) >= 11 is 7.10. The van der Waals surface area contributed by atoms with Crippen LogP contribution in [0.15, 0.2) is 45.3 Å². The van der Waals surface area contributed by atoms with Crippen LogP contribution in [0.25, 0.3) is 0 Å². The molecule has 5 heteroatoms. The molecule has 1 atom stereocenters. The SMILES string of the molecule is CNC(c1ccc2c(c1)CC(=O)N2)c1ccc(Br)cc1Br. The number of hydrogen-bond acceptors (Lipinski definition) is 2. The quantitative estimate of drug-likeness (QED) is 0.803. The van der Waals surface area contributed by atoms with E-state index in [9.17, 15) is 4.79 Å². The number of rotatable bonds is 3. The highest BCUT2D eigenvalue weighted by molar-refractivity contribution is 9.11. The van der Waals surface area contributed by atoms with Crippen molar-refractivity contribution in [1.82, 2.24) is 5.32 Å². The monoisotopic (exact) mass is 408 g/mol. The predicted octanol–water partition coefficient (Wildman–Crippen LogP) is 4.02. The minimum absolute atomic E-state index is 0.0629. The van der Waals surface area contributed by atoms with E-state index in [4.69, 9.17) is 0 Å². The lowest BCUT2D eigenvalue weighted by molar-refractivity contribution is -0.115. The molecular weight excluding hydrogens is 396 g/mol. The fourth-order valence-corrected chi connectivity index (χ4v) is 3.94. The van der Waals surface area contributed by atoms with Gasteiger partial charge in [-0.2, -0.15) is 0 Å². The first-order valence-corrected chi connectivity index (χ1v) is 8.22. The topological polar surface area (TPSA) is 41.1 Å². The van der Waals surface area contributed by atoms with E-state index in [1.807, 2.05) is 25.2 Å². The van der Waals surface area contributed by atoms with Crippen molar-refractivity contribution in [2.24, 2.45) is 0 Å². The molecule has 1 aliphatic rings. The summed E-state index contributed by atoms with van der Waals surface area (Å²) in [6, 6.07) is 12.4. The molecule has 0 saturated heterocycles. The van der Waals surface area contributed by atoms with Gasteiger partial charge in [0, 0.05) is 14.6 Å². The highest BCUT2D eigenvalue weighted by atomic mass is 79.9. The standard InChI is InChI=1S/C16H14Br2N2O/c1-19-16(12-4-3-11(17)8-13(12)18)9-2-5-14-10(6-9)7-15(21)20-14/h2-6,8,16,19H,7H2,1H3,(H,20,21). The molecule has 108 valence electrons. The zero-order valence-electron chi connectivity index (χ0n) is 11.4. The van der Waals surface area contributed by atoms with Crippen LogP contribution in [0.2, 0.25) is 0 Å². The highest BCUT2D eigenvalue weighted by Crippen LogP contribution is 2.33. The van der Waals surface area contributed by atoms with Gasteiger partial charge in [-0.15, -0.1) is 0 Å². The number of halogens is 2. The maximum Gasteiger partial charge on any atom is 0.228 e. The number of carbonyl (C=O) groups is 1. The molecule has 1 aliphatic heterocycles. The molecule has 0 aliphatic carbocycles. The summed E-state index contributed by atoms with van der Waals surface area (Å²) in [5.41, 5.74) is 4.30. The van der Waals surface area contributed by atoms with Gasteiger partial charge in [0.15, 0.2) is 0 Å². The molecule has 0 fully saturated rings. The normalized spacial score (nSPS) is 14.7. The first-order chi connectivity index (χ1) is 10.1. The number of carbonyl (C=O) groups excluding carboxylic acids is 1. The van der Waals surface area contributed by atoms with Crippen LogP contribution >= 0.6 is 31.9 Å². The maximum atomic E-state index is 11.5. The molecule has 3 rings (SSSR count). The zero-order chi connectivity index (χ0) is 15.0. The maximum absolute atomic E-state index is 11.5. The lowest BCUT2D eigenvalue weighted by Crippen LogP contribution is -2.18. The first kappa shape index (κ1) is 14.8. The summed E-state index contributed by atoms with van der Waals surface area (Å²) in [6.07, 6.45) is 0.459. The van der Waals surface area contributed by atoms with Crippen molar-refractivity contribution in [1.29, 1.82) is 0 Å². The van der Waals surface area contributed by atoms with E-state index in [1.54, 1.807) is 0 Å². The molecule has 0 saturated carbocycles. The zero-order valence-corrected chi connectivity index (χ0v) is 14.6. The van der Waals surface area contributed by atoms with Crippen molar-refractivity contribution >= 4 is 43.5 Å². The molecule has 0 bridgehead atoms. The molecule has 0 aromatic heterocycles. The van der Waals surface area contributed by atoms with Crippen LogP contribution in [0.3, 0.4) is 0 Å². The smallest absolute Gasteiger partial charge is 0.228 e. The van der Waals surface area contributed by atoms with Gasteiger partial charge in [0.1, 0.15) is 0 Å². The van der Waals surface area contributed by atoms with Crippen molar-refractivity contribution in [2.45, 2.75) is 12.5 Å². The Morgan fingerprint density at radius 2 is 2.00 bits per heavy atom. The van der Waals surface area contributed by atoms with Gasteiger partial charge in [0.25, 0.3) is 0 Å². The number of nitrogens with one attached hydrogen (secondary N) is 2. The Labute approximate surface area is 140 Å². The molecule has 2 aromatic rings. The third kappa shape index (κ3) is 2.91. The van der Waals surface area contributed by atoms with Crippen LogP contribution in [-0.2, 0) is 11.2 Å². The van der Waals surface area contributed by atoms with Gasteiger partial charge in [0.05, 0.1) is 12.5 Å². The molecule has 1 unspecified atom stereocenters. The highest BCUT2D eigenvalue weighted by Gasteiger charge is 2.21. The molecule has 1 heterocycles. The minimum Gasteiger partial charge on any atom is -0.326 e. The van der Waals surface area contributed by atoms with E-state index in [-0.39, 0.29) is 11.9 Å². The molecule has 0 radical (unpaired) electrons. The summed E-state index contributed by atoms with van der Waals surface area (Å²) < 4.78 is 2.09. The predicted molar refractivity (Wildman–Crippen MR) is 91.5 cm³/mol. The lowest BCUT2D eigenvalue weighted by atomic mass is 9.96. The molecule has 1 amide bonds. The van der Waals surface area contributed by atoms with Crippen LogP contribution in [0.5, 0.6) is 0 Å². The van der Waals surface area contributed by atoms with Gasteiger partial charge in [-0.05, 0) is 41.9 Å². The van der Waals surface area contributed by atoms with Gasteiger partial charge < -0.3 is 10.6 Å². The van der Waals surface area contributed by atoms with Crippen LogP contribution in [0, 0.1) is 0 Å². The summed E-state index contributed by atoms with van der Waals surface area (Å²) in [7, 11) is 1.94. The van der Waals surface area contributed by atoms with Crippen LogP contribution in [0.1, 0.15) is 22.7 Å². The Balaban J connectivity index is 2.01. The van der Waals surface area contributed by atoms with E-state index in [0.29, 0.717) is 6.42 Å². The van der Waals surface area contributed by atoms with Crippen molar-refractivity contribution in [3.8, 4) is 0 Å². The van der Waals surface area contributed by atoms with Gasteiger partial charge in [-0.25, -0.2) is 0 Å². The summed E-state index contributed by atoms with van der Waals surface area (Å²) in [5, 5.41) is 6.21. The third-order valence-corrected chi connectivity index (χ3v) is 4.83. The average Bonchev–Trinajstić information content (AvgIpc) is 2.81. The van der Waals surface area contributed by atoms with Crippen molar-refractivity contribution in [3.05, 3.63) is 62.0 Å². The lowest BCUT2D eigenvalue weighted by Gasteiger charge is -2.19. The summed E-state index contributed by atoms with van der Waals surface area (Å²) in [6.45, 7) is 0. The molecular formula is C16H14Br2N2O. The Hall–Kier alpha value is -1.17. The number of anilines is 1. The molecule has 21 heavy (non-hydrogen) atoms. The Kier molecular flexibility index (Phi) is 4.15. The van der Waals surface area contributed by atoms with Crippen molar-refractivity contribution < 1.29 is 4.79 Å². The number of hydrogen-bond donors (Lipinski definition) is 2. The number of amides is 1. The van der Waals surface area contributed by atoms with Crippen molar-refractivity contribution in [2.75, 3.05) is 12.4 Å². The second-order valence-electron chi connectivity index (χ2n) is 5.03. The van der Waals surface area contributed by atoms with E-state index < -0.39 is 0 Å². The Morgan fingerprint density at radius 1 is 1.19 bits per heavy atom. The first-order valence-electron chi connectivity index (χ1n) is 6.63. The molecule has 2 aromatic carbocycles. The largest absolute Gasteiger partial charge is 0.326 e. The van der Waals surface area contributed by atoms with E-state index in [2.05, 4.69) is 60.7 Å². The molecule has 3 nitrogen and oxygen atoms in total. The van der Waals surface area contributed by atoms with Gasteiger partial charge >= 0.3 is 0 Å². The van der Waals surface area contributed by atoms with Gasteiger partial charge in [-0.3, -0.25) is 4.79 Å². The second kappa shape index (κ2) is 5.91. The van der Waals surface area contributed by atoms with E-state index >= 15 is 0 Å². The molecule has 0 spiro atoms. The van der Waals surface area contributed by atoms with Crippen molar-refractivity contribution in [3.63, 3.8) is 0 Å². The van der Waals surface area contributed by atoms with Gasteiger partial charge in [-0.1, -0.05) is 50.1 Å². The second-order valence-corrected chi connectivity index (χ2v) is 6.80. The average molecular weight is 410 g/mol. The van der Waals surface area contributed by atoms with E-state index in [0.717, 1.165) is 31.3 Å². The number of fused-ring (bicyclic) bond motifs is 1. The third-order valence-electron chi connectivity index (χ3n) is 3.65. The Morgan fingerprint density at radius 3 is 2.71 bits per heavy atom. The molecule has 2 N–H and O–H groups in total. The Bertz CT molecular complexity index is 715. The summed E-state index contributed by atoms with van der Waals surface area (Å²) in [4.78, 5) is 11.5. The fourth-order valence-electron chi connectivity index (χ4n) is 2.67. The van der Waals surface area contributed by atoms with Crippen LogP contribution < -0.4 is 10.6 Å². The fraction of sp³-hybridized carbons (Fsp3) is 0.188. The van der Waals surface area contributed by atoms with Crippen LogP contribution in [-0.4, -0.2) is 13.0 Å².